The summed E-state index contributed by atoms with van der Waals surface area (Å²) < 4.78 is 5.40. The summed E-state index contributed by atoms with van der Waals surface area (Å²) in [6.07, 6.45) is 1.03. The Morgan fingerprint density at radius 2 is 2.00 bits per heavy atom. The van der Waals surface area contributed by atoms with E-state index in [0.717, 1.165) is 80.9 Å². The molecule has 0 bridgehead atoms. The van der Waals surface area contributed by atoms with E-state index in [0.29, 0.717) is 11.7 Å². The highest BCUT2D eigenvalue weighted by molar-refractivity contribution is 7.80. The van der Waals surface area contributed by atoms with Gasteiger partial charge in [0.1, 0.15) is 0 Å². The molecule has 1 aliphatic heterocycles. The number of ether oxygens (including phenoxy) is 1. The van der Waals surface area contributed by atoms with Gasteiger partial charge in [0.25, 0.3) is 5.56 Å². The number of hydrogen-bond acceptors (Lipinski definition) is 5. The van der Waals surface area contributed by atoms with E-state index in [1.165, 1.54) is 0 Å². The van der Waals surface area contributed by atoms with Gasteiger partial charge in [-0.3, -0.25) is 9.69 Å². The zero-order chi connectivity index (χ0) is 22.2. The molecule has 2 aromatic rings. The number of H-pyrrole nitrogens is 1. The molecule has 1 saturated heterocycles. The maximum Gasteiger partial charge on any atom is 0.253 e. The van der Waals surface area contributed by atoms with Gasteiger partial charge in [-0.25, -0.2) is 0 Å². The van der Waals surface area contributed by atoms with Gasteiger partial charge in [0, 0.05) is 43.8 Å². The fraction of sp³-hybridized carbons (Fsp3) is 0.565. The first-order valence-electron chi connectivity index (χ1n) is 11.0. The number of fused-ring (bicyclic) bond motifs is 1. The zero-order valence-electron chi connectivity index (χ0n) is 18.9. The van der Waals surface area contributed by atoms with Crippen molar-refractivity contribution in [3.8, 4) is 0 Å². The van der Waals surface area contributed by atoms with Crippen LogP contribution in [0, 0.1) is 6.92 Å². The first-order valence-corrected chi connectivity index (χ1v) is 11.4. The van der Waals surface area contributed by atoms with E-state index in [9.17, 15) is 4.79 Å². The highest BCUT2D eigenvalue weighted by atomic mass is 32.1. The summed E-state index contributed by atoms with van der Waals surface area (Å²) in [5, 5.41) is 5.14. The van der Waals surface area contributed by atoms with Crippen molar-refractivity contribution < 1.29 is 4.74 Å². The van der Waals surface area contributed by atoms with E-state index in [4.69, 9.17) is 17.0 Å². The highest BCUT2D eigenvalue weighted by Gasteiger charge is 2.14. The largest absolute Gasteiger partial charge is 0.379 e. The Morgan fingerprint density at radius 3 is 2.74 bits per heavy atom. The lowest BCUT2D eigenvalue weighted by atomic mass is 10.1. The quantitative estimate of drug-likeness (QED) is 0.451. The third-order valence-corrected chi connectivity index (χ3v) is 5.98. The van der Waals surface area contributed by atoms with Crippen molar-refractivity contribution in [3.63, 3.8) is 0 Å². The fourth-order valence-electron chi connectivity index (χ4n) is 3.69. The molecule has 31 heavy (non-hydrogen) atoms. The number of pyridine rings is 1. The molecule has 0 aliphatic carbocycles. The van der Waals surface area contributed by atoms with E-state index in [2.05, 4.69) is 37.1 Å². The second kappa shape index (κ2) is 11.6. The lowest BCUT2D eigenvalue weighted by Gasteiger charge is -2.28. The molecule has 1 fully saturated rings. The van der Waals surface area contributed by atoms with Gasteiger partial charge in [-0.1, -0.05) is 12.1 Å². The van der Waals surface area contributed by atoms with Crippen molar-refractivity contribution >= 4 is 28.2 Å². The summed E-state index contributed by atoms with van der Waals surface area (Å²) in [4.78, 5) is 22.4. The van der Waals surface area contributed by atoms with Crippen LogP contribution in [-0.2, 0) is 11.3 Å². The maximum absolute atomic E-state index is 12.7. The van der Waals surface area contributed by atoms with Gasteiger partial charge in [-0.15, -0.1) is 0 Å². The number of benzene rings is 1. The van der Waals surface area contributed by atoms with Gasteiger partial charge in [0.2, 0.25) is 0 Å². The topological polar surface area (TPSA) is 63.8 Å². The third kappa shape index (κ3) is 7.28. The van der Waals surface area contributed by atoms with E-state index in [1.54, 1.807) is 0 Å². The van der Waals surface area contributed by atoms with Gasteiger partial charge in [-0.2, -0.15) is 0 Å². The maximum atomic E-state index is 12.7. The normalized spacial score (nSPS) is 14.8. The van der Waals surface area contributed by atoms with Crippen LogP contribution in [0.4, 0.5) is 0 Å². The fourth-order valence-corrected chi connectivity index (χ4v) is 3.95. The van der Waals surface area contributed by atoms with E-state index < -0.39 is 0 Å². The number of nitrogens with zero attached hydrogens (tertiary/aromatic N) is 3. The molecule has 0 saturated carbocycles. The number of nitrogens with one attached hydrogen (secondary N) is 2. The van der Waals surface area contributed by atoms with Crippen LogP contribution < -0.4 is 10.9 Å². The predicted octanol–water partition coefficient (Wildman–Crippen LogP) is 1.80. The molecular formula is C23H35N5O2S. The van der Waals surface area contributed by atoms with Gasteiger partial charge in [0.05, 0.1) is 19.8 Å². The van der Waals surface area contributed by atoms with Crippen LogP contribution in [0.5, 0.6) is 0 Å². The van der Waals surface area contributed by atoms with Crippen molar-refractivity contribution in [3.05, 3.63) is 45.7 Å². The SMILES string of the molecule is Cc1ccc2cc(CN(CCN(C)C)C(=S)NCCCN3CCOCC3)c(=O)[nH]c2c1. The number of rotatable bonds is 9. The van der Waals surface area contributed by atoms with Gasteiger partial charge in [-0.05, 0) is 69.3 Å². The molecule has 3 rings (SSSR count). The van der Waals surface area contributed by atoms with Crippen LogP contribution in [0.25, 0.3) is 10.9 Å². The molecule has 1 aliphatic rings. The van der Waals surface area contributed by atoms with Crippen LogP contribution in [0.3, 0.4) is 0 Å². The summed E-state index contributed by atoms with van der Waals surface area (Å²) in [5.41, 5.74) is 2.68. The Hall–Kier alpha value is -2.00. The molecule has 170 valence electrons. The average Bonchev–Trinajstić information content (AvgIpc) is 2.75. The Bertz CT molecular complexity index is 924. The smallest absolute Gasteiger partial charge is 0.253 e. The Morgan fingerprint density at radius 1 is 1.23 bits per heavy atom. The Kier molecular flexibility index (Phi) is 8.83. The highest BCUT2D eigenvalue weighted by Crippen LogP contribution is 2.14. The number of morpholine rings is 1. The van der Waals surface area contributed by atoms with Crippen LogP contribution in [0.1, 0.15) is 17.5 Å². The molecule has 2 heterocycles. The molecule has 0 unspecified atom stereocenters. The monoisotopic (exact) mass is 445 g/mol. The van der Waals surface area contributed by atoms with Gasteiger partial charge < -0.3 is 24.8 Å². The third-order valence-electron chi connectivity index (χ3n) is 5.57. The standard InChI is InChI=1S/C23H35N5O2S/c1-18-5-6-19-16-20(22(29)25-21(19)15-18)17-28(10-9-26(2)3)23(31)24-7-4-8-27-11-13-30-14-12-27/h5-6,15-16H,4,7-14,17H2,1-3H3,(H,24,31)(H,25,29). The van der Waals surface area contributed by atoms with Crippen molar-refractivity contribution in [1.82, 2.24) is 25.0 Å². The summed E-state index contributed by atoms with van der Waals surface area (Å²) in [6.45, 7) is 9.65. The molecule has 8 heteroatoms. The minimum Gasteiger partial charge on any atom is -0.379 e. The lowest BCUT2D eigenvalue weighted by Crippen LogP contribution is -2.44. The molecule has 0 radical (unpaired) electrons. The van der Waals surface area contributed by atoms with Crippen LogP contribution >= 0.6 is 12.2 Å². The van der Waals surface area contributed by atoms with Gasteiger partial charge in [0.15, 0.2) is 5.11 Å². The first kappa shape index (κ1) is 23.7. The molecule has 2 N–H and O–H groups in total. The molecule has 1 aromatic heterocycles. The van der Waals surface area contributed by atoms with E-state index in [-0.39, 0.29) is 5.56 Å². The van der Waals surface area contributed by atoms with Crippen molar-refractivity contribution in [2.24, 2.45) is 0 Å². The number of aromatic nitrogens is 1. The molecule has 7 nitrogen and oxygen atoms in total. The molecule has 0 spiro atoms. The minimum absolute atomic E-state index is 0.0527. The Labute approximate surface area is 190 Å². The van der Waals surface area contributed by atoms with Crippen molar-refractivity contribution in [2.45, 2.75) is 19.9 Å². The molecule has 1 aromatic carbocycles. The molecule has 0 amide bonds. The summed E-state index contributed by atoms with van der Waals surface area (Å²) in [6, 6.07) is 8.10. The van der Waals surface area contributed by atoms with Crippen molar-refractivity contribution in [2.75, 3.05) is 66.6 Å². The number of likely N-dealkylation sites (N-methyl/N-ethyl adjacent to an activating group) is 1. The van der Waals surface area contributed by atoms with Gasteiger partial charge >= 0.3 is 0 Å². The van der Waals surface area contributed by atoms with Crippen LogP contribution in [0.2, 0.25) is 0 Å². The molecular weight excluding hydrogens is 410 g/mol. The van der Waals surface area contributed by atoms with E-state index >= 15 is 0 Å². The first-order chi connectivity index (χ1) is 14.9. The Balaban J connectivity index is 1.62. The number of hydrogen-bond donors (Lipinski definition) is 2. The lowest BCUT2D eigenvalue weighted by molar-refractivity contribution is 0.0376. The zero-order valence-corrected chi connectivity index (χ0v) is 19.8. The number of aromatic amines is 1. The molecule has 0 atom stereocenters. The predicted molar refractivity (Wildman–Crippen MR) is 131 cm³/mol. The summed E-state index contributed by atoms with van der Waals surface area (Å²) >= 11 is 5.70. The van der Waals surface area contributed by atoms with Crippen LogP contribution in [-0.4, -0.2) is 91.4 Å². The minimum atomic E-state index is -0.0527. The summed E-state index contributed by atoms with van der Waals surface area (Å²) in [7, 11) is 4.09. The summed E-state index contributed by atoms with van der Waals surface area (Å²) in [5.74, 6) is 0. The van der Waals surface area contributed by atoms with E-state index in [1.807, 2.05) is 33.2 Å². The van der Waals surface area contributed by atoms with Crippen molar-refractivity contribution in [1.29, 1.82) is 0 Å². The number of thiocarbonyl (C=S) groups is 1. The van der Waals surface area contributed by atoms with Crippen LogP contribution in [0.15, 0.2) is 29.1 Å². The second-order valence-corrected chi connectivity index (χ2v) is 8.87. The number of aryl methyl sites for hydroxylation is 1. The second-order valence-electron chi connectivity index (χ2n) is 8.48. The average molecular weight is 446 g/mol.